The van der Waals surface area contributed by atoms with Gasteiger partial charge in [0.05, 0.1) is 13.0 Å². The van der Waals surface area contributed by atoms with Crippen molar-refractivity contribution in [3.63, 3.8) is 0 Å². The second-order valence-electron chi connectivity index (χ2n) is 5.77. The fourth-order valence-electron chi connectivity index (χ4n) is 3.00. The molecule has 0 saturated heterocycles. The van der Waals surface area contributed by atoms with Gasteiger partial charge in [0.1, 0.15) is 5.75 Å². The SMILES string of the molecule is COc1cccc([C@H](C)NC2CCCC(C(F)(F)F)C2)c1. The molecular formula is C16H22F3NO. The molecule has 1 saturated carbocycles. The predicted octanol–water partition coefficient (Wildman–Crippen LogP) is 4.47. The van der Waals surface area contributed by atoms with E-state index < -0.39 is 12.1 Å². The van der Waals surface area contributed by atoms with Crippen molar-refractivity contribution in [3.05, 3.63) is 29.8 Å². The van der Waals surface area contributed by atoms with E-state index in [1.54, 1.807) is 7.11 Å². The van der Waals surface area contributed by atoms with Crippen molar-refractivity contribution < 1.29 is 17.9 Å². The molecule has 21 heavy (non-hydrogen) atoms. The highest BCUT2D eigenvalue weighted by molar-refractivity contribution is 5.30. The molecule has 2 rings (SSSR count). The largest absolute Gasteiger partial charge is 0.497 e. The monoisotopic (exact) mass is 301 g/mol. The molecule has 5 heteroatoms. The second kappa shape index (κ2) is 6.69. The molecular weight excluding hydrogens is 279 g/mol. The van der Waals surface area contributed by atoms with E-state index in [9.17, 15) is 13.2 Å². The summed E-state index contributed by atoms with van der Waals surface area (Å²) in [5.74, 6) is -0.403. The van der Waals surface area contributed by atoms with Crippen LogP contribution in [-0.4, -0.2) is 19.3 Å². The average Bonchev–Trinajstić information content (AvgIpc) is 2.46. The normalized spacial score (nSPS) is 24.6. The van der Waals surface area contributed by atoms with E-state index in [0.717, 1.165) is 17.7 Å². The first kappa shape index (κ1) is 16.1. The third-order valence-corrected chi connectivity index (χ3v) is 4.22. The molecule has 1 fully saturated rings. The van der Waals surface area contributed by atoms with Crippen molar-refractivity contribution in [2.45, 2.75) is 50.9 Å². The highest BCUT2D eigenvalue weighted by Gasteiger charge is 2.42. The number of ether oxygens (including phenoxy) is 1. The predicted molar refractivity (Wildman–Crippen MR) is 76.3 cm³/mol. The minimum atomic E-state index is -4.07. The Balaban J connectivity index is 1.97. The maximum Gasteiger partial charge on any atom is 0.391 e. The van der Waals surface area contributed by atoms with Gasteiger partial charge in [-0.05, 0) is 43.9 Å². The van der Waals surface area contributed by atoms with Gasteiger partial charge in [0, 0.05) is 12.1 Å². The summed E-state index contributed by atoms with van der Waals surface area (Å²) in [6, 6.07) is 7.57. The number of nitrogens with one attached hydrogen (secondary N) is 1. The topological polar surface area (TPSA) is 21.3 Å². The van der Waals surface area contributed by atoms with Gasteiger partial charge in [-0.25, -0.2) is 0 Å². The maximum absolute atomic E-state index is 12.8. The Morgan fingerprint density at radius 2 is 2.05 bits per heavy atom. The van der Waals surface area contributed by atoms with Crippen LogP contribution in [0.1, 0.15) is 44.2 Å². The van der Waals surface area contributed by atoms with E-state index in [0.29, 0.717) is 6.42 Å². The molecule has 2 nitrogen and oxygen atoms in total. The fourth-order valence-corrected chi connectivity index (χ4v) is 3.00. The lowest BCUT2D eigenvalue weighted by molar-refractivity contribution is -0.183. The summed E-state index contributed by atoms with van der Waals surface area (Å²) in [7, 11) is 1.60. The fraction of sp³-hybridized carbons (Fsp3) is 0.625. The summed E-state index contributed by atoms with van der Waals surface area (Å²) in [6.07, 6.45) is -2.19. The number of hydrogen-bond donors (Lipinski definition) is 1. The molecule has 0 bridgehead atoms. The Hall–Kier alpha value is -1.23. The Bertz CT molecular complexity index is 461. The van der Waals surface area contributed by atoms with Crippen LogP contribution in [0.4, 0.5) is 13.2 Å². The molecule has 0 spiro atoms. The maximum atomic E-state index is 12.8. The van der Waals surface area contributed by atoms with Gasteiger partial charge in [-0.2, -0.15) is 13.2 Å². The van der Waals surface area contributed by atoms with Crippen molar-refractivity contribution in [1.82, 2.24) is 5.32 Å². The van der Waals surface area contributed by atoms with Crippen LogP contribution < -0.4 is 10.1 Å². The Morgan fingerprint density at radius 1 is 1.29 bits per heavy atom. The standard InChI is InChI=1S/C16H22F3NO/c1-11(12-5-3-8-15(9-12)21-2)20-14-7-4-6-13(10-14)16(17,18)19/h3,5,8-9,11,13-14,20H,4,6-7,10H2,1-2H3/t11-,13?,14?/m0/s1. The quantitative estimate of drug-likeness (QED) is 0.886. The van der Waals surface area contributed by atoms with Gasteiger partial charge in [-0.3, -0.25) is 0 Å². The van der Waals surface area contributed by atoms with Crippen molar-refractivity contribution >= 4 is 0 Å². The van der Waals surface area contributed by atoms with E-state index in [1.807, 2.05) is 31.2 Å². The first-order valence-corrected chi connectivity index (χ1v) is 7.37. The summed E-state index contributed by atoms with van der Waals surface area (Å²) in [5, 5.41) is 3.33. The molecule has 1 aliphatic rings. The van der Waals surface area contributed by atoms with Crippen LogP contribution in [0.5, 0.6) is 5.75 Å². The minimum absolute atomic E-state index is 0.0112. The Kier molecular flexibility index (Phi) is 5.14. The molecule has 0 aliphatic heterocycles. The lowest BCUT2D eigenvalue weighted by Gasteiger charge is -2.33. The summed E-state index contributed by atoms with van der Waals surface area (Å²) >= 11 is 0. The lowest BCUT2D eigenvalue weighted by atomic mass is 9.85. The van der Waals surface area contributed by atoms with Crippen LogP contribution in [-0.2, 0) is 0 Å². The summed E-state index contributed by atoms with van der Waals surface area (Å²) in [4.78, 5) is 0. The van der Waals surface area contributed by atoms with Crippen molar-refractivity contribution in [2.24, 2.45) is 5.92 Å². The molecule has 0 heterocycles. The smallest absolute Gasteiger partial charge is 0.391 e. The summed E-state index contributed by atoms with van der Waals surface area (Å²) < 4.78 is 43.7. The van der Waals surface area contributed by atoms with Gasteiger partial charge in [0.2, 0.25) is 0 Å². The molecule has 3 atom stereocenters. The lowest BCUT2D eigenvalue weighted by Crippen LogP contribution is -2.39. The number of alkyl halides is 3. The molecule has 0 aromatic heterocycles. The zero-order valence-electron chi connectivity index (χ0n) is 12.4. The molecule has 0 radical (unpaired) electrons. The second-order valence-corrected chi connectivity index (χ2v) is 5.77. The number of methoxy groups -OCH3 is 1. The third kappa shape index (κ3) is 4.37. The molecule has 0 amide bonds. The van der Waals surface area contributed by atoms with Gasteiger partial charge in [-0.1, -0.05) is 18.6 Å². The van der Waals surface area contributed by atoms with E-state index in [4.69, 9.17) is 4.74 Å². The van der Waals surface area contributed by atoms with Gasteiger partial charge in [0.25, 0.3) is 0 Å². The highest BCUT2D eigenvalue weighted by Crippen LogP contribution is 2.38. The first-order valence-electron chi connectivity index (χ1n) is 7.37. The molecule has 1 aromatic carbocycles. The van der Waals surface area contributed by atoms with Crippen LogP contribution in [0, 0.1) is 5.92 Å². The van der Waals surface area contributed by atoms with Crippen LogP contribution in [0.25, 0.3) is 0 Å². The van der Waals surface area contributed by atoms with Crippen LogP contribution in [0.15, 0.2) is 24.3 Å². The summed E-state index contributed by atoms with van der Waals surface area (Å²) in [5.41, 5.74) is 1.03. The van der Waals surface area contributed by atoms with E-state index in [-0.39, 0.29) is 24.9 Å². The average molecular weight is 301 g/mol. The number of halogens is 3. The van der Waals surface area contributed by atoms with Crippen LogP contribution in [0.3, 0.4) is 0 Å². The Morgan fingerprint density at radius 3 is 2.71 bits per heavy atom. The molecule has 118 valence electrons. The zero-order valence-corrected chi connectivity index (χ0v) is 12.4. The van der Waals surface area contributed by atoms with Gasteiger partial charge in [-0.15, -0.1) is 0 Å². The van der Waals surface area contributed by atoms with Gasteiger partial charge in [0.15, 0.2) is 0 Å². The molecule has 1 aliphatic carbocycles. The summed E-state index contributed by atoms with van der Waals surface area (Å²) in [6.45, 7) is 1.98. The van der Waals surface area contributed by atoms with Crippen LogP contribution in [0.2, 0.25) is 0 Å². The number of rotatable bonds is 4. The van der Waals surface area contributed by atoms with E-state index in [2.05, 4.69) is 5.32 Å². The van der Waals surface area contributed by atoms with Crippen molar-refractivity contribution in [2.75, 3.05) is 7.11 Å². The van der Waals surface area contributed by atoms with Gasteiger partial charge < -0.3 is 10.1 Å². The van der Waals surface area contributed by atoms with Crippen molar-refractivity contribution in [3.8, 4) is 5.75 Å². The van der Waals surface area contributed by atoms with Crippen LogP contribution >= 0.6 is 0 Å². The minimum Gasteiger partial charge on any atom is -0.497 e. The molecule has 2 unspecified atom stereocenters. The first-order chi connectivity index (χ1) is 9.90. The third-order valence-electron chi connectivity index (χ3n) is 4.22. The Labute approximate surface area is 123 Å². The van der Waals surface area contributed by atoms with Gasteiger partial charge >= 0.3 is 6.18 Å². The van der Waals surface area contributed by atoms with Crippen molar-refractivity contribution in [1.29, 1.82) is 0 Å². The number of hydrogen-bond acceptors (Lipinski definition) is 2. The molecule has 1 N–H and O–H groups in total. The van der Waals surface area contributed by atoms with E-state index >= 15 is 0 Å². The molecule has 1 aromatic rings. The highest BCUT2D eigenvalue weighted by atomic mass is 19.4. The zero-order chi connectivity index (χ0) is 15.5. The van der Waals surface area contributed by atoms with E-state index in [1.165, 1.54) is 0 Å². The number of benzene rings is 1.